The van der Waals surface area contributed by atoms with E-state index in [2.05, 4.69) is 20.7 Å². The molecule has 0 aliphatic carbocycles. The van der Waals surface area contributed by atoms with Crippen molar-refractivity contribution in [2.45, 2.75) is 19.4 Å². The summed E-state index contributed by atoms with van der Waals surface area (Å²) in [7, 11) is 1.95. The Morgan fingerprint density at radius 3 is 3.00 bits per heavy atom. The first kappa shape index (κ1) is 14.9. The lowest BCUT2D eigenvalue weighted by Crippen LogP contribution is -2.34. The monoisotopic (exact) mass is 274 g/mol. The normalized spacial score (nSPS) is 19.6. The Kier molecular flexibility index (Phi) is 5.58. The number of nitrogens with zero attached hydrogens (tertiary/aromatic N) is 2. The number of carbonyl (C=O) groups excluding carboxylic acids is 1. The van der Waals surface area contributed by atoms with E-state index in [1.54, 1.807) is 13.0 Å². The highest BCUT2D eigenvalue weighted by molar-refractivity contribution is 5.91. The number of hydrogen-bond donors (Lipinski definition) is 2. The molecule has 1 saturated heterocycles. The van der Waals surface area contributed by atoms with Gasteiger partial charge in [-0.1, -0.05) is 5.16 Å². The van der Waals surface area contributed by atoms with E-state index >= 15 is 0 Å². The number of hydrogen-bond acceptors (Lipinski definition) is 5. The van der Waals surface area contributed by atoms with Crippen LogP contribution in [-0.2, 0) is 4.79 Å². The van der Waals surface area contributed by atoms with Crippen LogP contribution in [0.3, 0.4) is 0 Å². The summed E-state index contributed by atoms with van der Waals surface area (Å²) in [4.78, 5) is 13.8. The molecular formula is C11H19ClN4O2. The number of halogens is 1. The summed E-state index contributed by atoms with van der Waals surface area (Å²) in [6.07, 6.45) is 1.09. The molecule has 7 heteroatoms. The quantitative estimate of drug-likeness (QED) is 0.843. The second kappa shape index (κ2) is 6.72. The number of anilines is 1. The van der Waals surface area contributed by atoms with Crippen LogP contribution in [0.2, 0.25) is 0 Å². The zero-order valence-corrected chi connectivity index (χ0v) is 11.4. The number of rotatable bonds is 4. The van der Waals surface area contributed by atoms with Crippen molar-refractivity contribution in [1.82, 2.24) is 15.4 Å². The Morgan fingerprint density at radius 1 is 1.67 bits per heavy atom. The minimum atomic E-state index is -0.0462. The summed E-state index contributed by atoms with van der Waals surface area (Å²) in [5.41, 5.74) is 0. The zero-order valence-electron chi connectivity index (χ0n) is 10.6. The van der Waals surface area contributed by atoms with Crippen LogP contribution in [0, 0.1) is 6.92 Å². The molecule has 0 radical (unpaired) electrons. The Bertz CT molecular complexity index is 396. The van der Waals surface area contributed by atoms with Crippen molar-refractivity contribution in [1.29, 1.82) is 0 Å². The second-order valence-corrected chi connectivity index (χ2v) is 4.38. The van der Waals surface area contributed by atoms with Gasteiger partial charge in [0.25, 0.3) is 0 Å². The third-order valence-corrected chi connectivity index (χ3v) is 2.94. The average Bonchev–Trinajstić information content (AvgIpc) is 2.88. The molecule has 1 unspecified atom stereocenters. The Balaban J connectivity index is 0.00000162. The van der Waals surface area contributed by atoms with E-state index in [9.17, 15) is 4.79 Å². The van der Waals surface area contributed by atoms with Crippen molar-refractivity contribution in [2.75, 3.05) is 32.0 Å². The predicted octanol–water partition coefficient (Wildman–Crippen LogP) is 0.637. The lowest BCUT2D eigenvalue weighted by Gasteiger charge is -2.14. The molecule has 0 aromatic carbocycles. The van der Waals surface area contributed by atoms with Crippen molar-refractivity contribution in [3.63, 3.8) is 0 Å². The molecule has 6 nitrogen and oxygen atoms in total. The Morgan fingerprint density at radius 2 is 2.44 bits per heavy atom. The van der Waals surface area contributed by atoms with Gasteiger partial charge in [0.05, 0.1) is 6.54 Å². The molecular weight excluding hydrogens is 256 g/mol. The fourth-order valence-corrected chi connectivity index (χ4v) is 2.02. The molecule has 2 heterocycles. The molecule has 1 aromatic rings. The molecule has 1 amide bonds. The minimum absolute atomic E-state index is 0. The van der Waals surface area contributed by atoms with Crippen LogP contribution in [-0.4, -0.2) is 48.7 Å². The molecule has 1 aliphatic heterocycles. The number of nitrogens with one attached hydrogen (secondary N) is 2. The van der Waals surface area contributed by atoms with Crippen molar-refractivity contribution >= 4 is 24.1 Å². The Labute approximate surface area is 112 Å². The van der Waals surface area contributed by atoms with Gasteiger partial charge in [-0.3, -0.25) is 9.69 Å². The molecule has 1 aromatic heterocycles. The van der Waals surface area contributed by atoms with Crippen LogP contribution in [0.5, 0.6) is 0 Å². The highest BCUT2D eigenvalue weighted by atomic mass is 35.5. The van der Waals surface area contributed by atoms with Gasteiger partial charge in [-0.25, -0.2) is 0 Å². The van der Waals surface area contributed by atoms with Crippen molar-refractivity contribution < 1.29 is 9.32 Å². The van der Waals surface area contributed by atoms with Crippen LogP contribution in [0.4, 0.5) is 5.82 Å². The van der Waals surface area contributed by atoms with E-state index in [1.165, 1.54) is 0 Å². The SMILES string of the molecule is CNC1CCN(CC(=O)Nc2cc(C)on2)C1.Cl. The molecule has 2 rings (SSSR count). The van der Waals surface area contributed by atoms with Gasteiger partial charge in [0.15, 0.2) is 5.82 Å². The maximum Gasteiger partial charge on any atom is 0.239 e. The lowest BCUT2D eigenvalue weighted by molar-refractivity contribution is -0.117. The molecule has 1 fully saturated rings. The number of carbonyl (C=O) groups is 1. The molecule has 0 saturated carbocycles. The van der Waals surface area contributed by atoms with Gasteiger partial charge in [0.1, 0.15) is 5.76 Å². The maximum atomic E-state index is 11.7. The molecule has 2 N–H and O–H groups in total. The van der Waals surface area contributed by atoms with E-state index in [0.29, 0.717) is 24.2 Å². The van der Waals surface area contributed by atoms with Gasteiger partial charge in [0.2, 0.25) is 5.91 Å². The lowest BCUT2D eigenvalue weighted by atomic mass is 10.3. The summed E-state index contributed by atoms with van der Waals surface area (Å²) in [5, 5.41) is 9.66. The number of likely N-dealkylation sites (N-methyl/N-ethyl adjacent to an activating group) is 1. The van der Waals surface area contributed by atoms with E-state index in [4.69, 9.17) is 4.52 Å². The first-order chi connectivity index (χ1) is 8.17. The van der Waals surface area contributed by atoms with Crippen LogP contribution < -0.4 is 10.6 Å². The number of likely N-dealkylation sites (tertiary alicyclic amines) is 1. The third kappa shape index (κ3) is 3.97. The van der Waals surface area contributed by atoms with E-state index in [-0.39, 0.29) is 18.3 Å². The van der Waals surface area contributed by atoms with Crippen molar-refractivity contribution in [3.05, 3.63) is 11.8 Å². The first-order valence-electron chi connectivity index (χ1n) is 5.80. The molecule has 1 aliphatic rings. The summed E-state index contributed by atoms with van der Waals surface area (Å²) in [5.74, 6) is 1.13. The van der Waals surface area contributed by atoms with Crippen LogP contribution in [0.1, 0.15) is 12.2 Å². The molecule has 0 spiro atoms. The van der Waals surface area contributed by atoms with Gasteiger partial charge in [0, 0.05) is 25.2 Å². The van der Waals surface area contributed by atoms with Gasteiger partial charge in [-0.05, 0) is 20.4 Å². The summed E-state index contributed by atoms with van der Waals surface area (Å²) in [6.45, 7) is 4.07. The predicted molar refractivity (Wildman–Crippen MR) is 71.0 cm³/mol. The van der Waals surface area contributed by atoms with Crippen LogP contribution in [0.15, 0.2) is 10.6 Å². The van der Waals surface area contributed by atoms with E-state index < -0.39 is 0 Å². The zero-order chi connectivity index (χ0) is 12.3. The summed E-state index contributed by atoms with van der Waals surface area (Å²) >= 11 is 0. The molecule has 0 bridgehead atoms. The molecule has 102 valence electrons. The largest absolute Gasteiger partial charge is 0.360 e. The van der Waals surface area contributed by atoms with Gasteiger partial charge < -0.3 is 15.2 Å². The topological polar surface area (TPSA) is 70.4 Å². The fourth-order valence-electron chi connectivity index (χ4n) is 2.02. The van der Waals surface area contributed by atoms with Crippen LogP contribution >= 0.6 is 12.4 Å². The van der Waals surface area contributed by atoms with E-state index in [0.717, 1.165) is 19.5 Å². The van der Waals surface area contributed by atoms with Crippen LogP contribution in [0.25, 0.3) is 0 Å². The Hall–Kier alpha value is -1.11. The van der Waals surface area contributed by atoms with Crippen molar-refractivity contribution in [3.8, 4) is 0 Å². The number of aryl methyl sites for hydroxylation is 1. The summed E-state index contributed by atoms with van der Waals surface area (Å²) in [6, 6.07) is 2.20. The standard InChI is InChI=1S/C11H18N4O2.ClH/c1-8-5-10(14-17-8)13-11(16)7-15-4-3-9(6-15)12-2;/h5,9,12H,3-4,6-7H2,1-2H3,(H,13,14,16);1H. The van der Waals surface area contributed by atoms with Gasteiger partial charge in [-0.2, -0.15) is 0 Å². The maximum absolute atomic E-state index is 11.7. The second-order valence-electron chi connectivity index (χ2n) is 4.38. The smallest absolute Gasteiger partial charge is 0.239 e. The fraction of sp³-hybridized carbons (Fsp3) is 0.636. The molecule has 18 heavy (non-hydrogen) atoms. The highest BCUT2D eigenvalue weighted by Gasteiger charge is 2.22. The minimum Gasteiger partial charge on any atom is -0.360 e. The average molecular weight is 275 g/mol. The van der Waals surface area contributed by atoms with Gasteiger partial charge >= 0.3 is 0 Å². The first-order valence-corrected chi connectivity index (χ1v) is 5.80. The summed E-state index contributed by atoms with van der Waals surface area (Å²) < 4.78 is 4.88. The highest BCUT2D eigenvalue weighted by Crippen LogP contribution is 2.10. The van der Waals surface area contributed by atoms with Crippen molar-refractivity contribution in [2.24, 2.45) is 0 Å². The number of aromatic nitrogens is 1. The molecule has 1 atom stereocenters. The van der Waals surface area contributed by atoms with Gasteiger partial charge in [-0.15, -0.1) is 12.4 Å². The third-order valence-electron chi connectivity index (χ3n) is 2.94. The number of amides is 1. The van der Waals surface area contributed by atoms with E-state index in [1.807, 2.05) is 7.05 Å².